The van der Waals surface area contributed by atoms with Crippen LogP contribution in [0, 0.1) is 6.92 Å². The van der Waals surface area contributed by atoms with Crippen LogP contribution in [0.25, 0.3) is 0 Å². The zero-order chi connectivity index (χ0) is 20.7. The summed E-state index contributed by atoms with van der Waals surface area (Å²) in [4.78, 5) is 43.9. The summed E-state index contributed by atoms with van der Waals surface area (Å²) < 4.78 is 3.32. The van der Waals surface area contributed by atoms with Crippen LogP contribution < -0.4 is 16.2 Å². The molecule has 2 aliphatic rings. The molecule has 2 N–H and O–H groups in total. The van der Waals surface area contributed by atoms with Crippen LogP contribution in [0.4, 0.5) is 10.5 Å². The quantitative estimate of drug-likeness (QED) is 0.814. The van der Waals surface area contributed by atoms with Gasteiger partial charge in [-0.15, -0.1) is 0 Å². The van der Waals surface area contributed by atoms with Gasteiger partial charge in [0.05, 0.1) is 30.3 Å². The molecule has 1 aliphatic heterocycles. The van der Waals surface area contributed by atoms with Crippen LogP contribution in [0.5, 0.6) is 0 Å². The summed E-state index contributed by atoms with van der Waals surface area (Å²) in [5.41, 5.74) is 1.59. The predicted octanol–water partition coefficient (Wildman–Crippen LogP) is 1.44. The molecule has 2 atom stereocenters. The fourth-order valence-corrected chi connectivity index (χ4v) is 4.04. The SMILES string of the molecule is Cc1ccn(C)c(=O)c1NC(=O)N[C@@H]1CCC(=O)N(C2CC2)[C@H]1c1cncn1C. The number of carbonyl (C=O) groups excluding carboxylic acids is 2. The molecule has 1 saturated heterocycles. The Labute approximate surface area is 168 Å². The first-order valence-corrected chi connectivity index (χ1v) is 9.88. The van der Waals surface area contributed by atoms with Gasteiger partial charge in [0, 0.05) is 32.8 Å². The molecule has 9 heteroatoms. The number of hydrogen-bond acceptors (Lipinski definition) is 4. The minimum Gasteiger partial charge on any atom is -0.336 e. The highest BCUT2D eigenvalue weighted by Crippen LogP contribution is 2.40. The molecule has 0 radical (unpaired) electrons. The number of aromatic nitrogens is 3. The maximum absolute atomic E-state index is 12.8. The van der Waals surface area contributed by atoms with Crippen molar-refractivity contribution in [3.8, 4) is 0 Å². The summed E-state index contributed by atoms with van der Waals surface area (Å²) in [5.74, 6) is 0.116. The normalized spacial score (nSPS) is 21.9. The van der Waals surface area contributed by atoms with Gasteiger partial charge < -0.3 is 24.7 Å². The Hall–Kier alpha value is -3.10. The number of aryl methyl sites for hydroxylation is 3. The molecule has 4 rings (SSSR count). The Morgan fingerprint density at radius 2 is 1.93 bits per heavy atom. The number of anilines is 1. The fraction of sp³-hybridized carbons (Fsp3) is 0.500. The van der Waals surface area contributed by atoms with E-state index in [2.05, 4.69) is 15.6 Å². The zero-order valence-corrected chi connectivity index (χ0v) is 16.9. The van der Waals surface area contributed by atoms with E-state index < -0.39 is 6.03 Å². The lowest BCUT2D eigenvalue weighted by atomic mass is 9.93. The van der Waals surface area contributed by atoms with Crippen LogP contribution in [-0.4, -0.2) is 43.0 Å². The summed E-state index contributed by atoms with van der Waals surface area (Å²) in [6.45, 7) is 1.78. The number of pyridine rings is 1. The van der Waals surface area contributed by atoms with Gasteiger partial charge in [0.25, 0.3) is 5.56 Å². The third-order valence-electron chi connectivity index (χ3n) is 5.77. The van der Waals surface area contributed by atoms with Crippen molar-refractivity contribution < 1.29 is 9.59 Å². The Kier molecular flexibility index (Phi) is 4.89. The second-order valence-electron chi connectivity index (χ2n) is 7.94. The van der Waals surface area contributed by atoms with E-state index in [0.29, 0.717) is 18.4 Å². The molecule has 9 nitrogen and oxygen atoms in total. The maximum atomic E-state index is 12.8. The minimum atomic E-state index is -0.446. The van der Waals surface area contributed by atoms with E-state index >= 15 is 0 Å². The van der Waals surface area contributed by atoms with E-state index in [1.807, 2.05) is 16.5 Å². The number of likely N-dealkylation sites (tertiary alicyclic amines) is 1. The van der Waals surface area contributed by atoms with Gasteiger partial charge in [-0.25, -0.2) is 9.78 Å². The van der Waals surface area contributed by atoms with Crippen molar-refractivity contribution in [1.29, 1.82) is 0 Å². The average molecular weight is 398 g/mol. The van der Waals surface area contributed by atoms with Gasteiger partial charge in [-0.2, -0.15) is 0 Å². The molecule has 3 heterocycles. The summed E-state index contributed by atoms with van der Waals surface area (Å²) in [6.07, 6.45) is 8.02. The number of carbonyl (C=O) groups is 2. The van der Waals surface area contributed by atoms with Gasteiger partial charge in [0.1, 0.15) is 5.69 Å². The van der Waals surface area contributed by atoms with Gasteiger partial charge in [0.2, 0.25) is 5.91 Å². The second kappa shape index (κ2) is 7.38. The summed E-state index contributed by atoms with van der Waals surface area (Å²) in [6, 6.07) is 1.01. The Morgan fingerprint density at radius 3 is 2.59 bits per heavy atom. The second-order valence-corrected chi connectivity index (χ2v) is 7.94. The molecule has 2 fully saturated rings. The van der Waals surface area contributed by atoms with E-state index in [1.54, 1.807) is 38.8 Å². The van der Waals surface area contributed by atoms with Crippen molar-refractivity contribution >= 4 is 17.6 Å². The molecule has 1 saturated carbocycles. The summed E-state index contributed by atoms with van der Waals surface area (Å²) >= 11 is 0. The third-order valence-corrected chi connectivity index (χ3v) is 5.77. The minimum absolute atomic E-state index is 0.116. The number of hydrogen-bond donors (Lipinski definition) is 2. The molecule has 0 spiro atoms. The topological polar surface area (TPSA) is 101 Å². The van der Waals surface area contributed by atoms with Gasteiger partial charge >= 0.3 is 6.03 Å². The number of nitrogens with zero attached hydrogens (tertiary/aromatic N) is 4. The van der Waals surface area contributed by atoms with Crippen LogP contribution in [0.3, 0.4) is 0 Å². The summed E-state index contributed by atoms with van der Waals surface area (Å²) in [5, 5.41) is 5.72. The maximum Gasteiger partial charge on any atom is 0.319 e. The number of nitrogens with one attached hydrogen (secondary N) is 2. The lowest BCUT2D eigenvalue weighted by molar-refractivity contribution is -0.138. The van der Waals surface area contributed by atoms with Crippen LogP contribution in [0.15, 0.2) is 29.6 Å². The van der Waals surface area contributed by atoms with Gasteiger partial charge in [0.15, 0.2) is 0 Å². The van der Waals surface area contributed by atoms with Crippen molar-refractivity contribution in [3.63, 3.8) is 0 Å². The highest BCUT2D eigenvalue weighted by molar-refractivity contribution is 5.90. The van der Waals surface area contributed by atoms with Crippen molar-refractivity contribution in [2.75, 3.05) is 5.32 Å². The number of imidazole rings is 1. The molecule has 0 bridgehead atoms. The predicted molar refractivity (Wildman–Crippen MR) is 107 cm³/mol. The molecular formula is C20H26N6O3. The zero-order valence-electron chi connectivity index (χ0n) is 16.9. The standard InChI is InChI=1S/C20H26N6O3/c1-12-8-9-24(2)19(28)17(12)23-20(29)22-14-6-7-16(27)26(13-4-5-13)18(14)15-10-21-11-25(15)3/h8-11,13-14,18H,4-7H2,1-3H3,(H2,22,23,29)/t14-,18-/m1/s1. The Morgan fingerprint density at radius 1 is 1.17 bits per heavy atom. The van der Waals surface area contributed by atoms with Gasteiger partial charge in [-0.05, 0) is 37.8 Å². The van der Waals surface area contributed by atoms with Crippen LogP contribution in [0.2, 0.25) is 0 Å². The number of piperidine rings is 1. The number of amides is 3. The molecule has 154 valence electrons. The number of urea groups is 1. The molecular weight excluding hydrogens is 372 g/mol. The number of rotatable bonds is 4. The molecule has 1 aliphatic carbocycles. The fourth-order valence-electron chi connectivity index (χ4n) is 4.04. The molecule has 2 aromatic rings. The van der Waals surface area contributed by atoms with Crippen molar-refractivity contribution in [2.45, 2.75) is 50.7 Å². The van der Waals surface area contributed by atoms with Crippen LogP contribution in [0.1, 0.15) is 43.0 Å². The molecule has 0 unspecified atom stereocenters. The van der Waals surface area contributed by atoms with Crippen molar-refractivity contribution in [3.05, 3.63) is 46.4 Å². The molecule has 2 aromatic heterocycles. The molecule has 3 amide bonds. The lowest BCUT2D eigenvalue weighted by Gasteiger charge is -2.41. The average Bonchev–Trinajstić information content (AvgIpc) is 3.44. The van der Waals surface area contributed by atoms with E-state index in [9.17, 15) is 14.4 Å². The van der Waals surface area contributed by atoms with Crippen LogP contribution in [-0.2, 0) is 18.9 Å². The first kappa shape index (κ1) is 19.2. The first-order valence-electron chi connectivity index (χ1n) is 9.88. The monoisotopic (exact) mass is 398 g/mol. The summed E-state index contributed by atoms with van der Waals surface area (Å²) in [7, 11) is 3.53. The highest BCUT2D eigenvalue weighted by atomic mass is 16.2. The first-order chi connectivity index (χ1) is 13.9. The lowest BCUT2D eigenvalue weighted by Crippen LogP contribution is -2.54. The third kappa shape index (κ3) is 3.64. The van der Waals surface area contributed by atoms with E-state index in [1.165, 1.54) is 4.57 Å². The largest absolute Gasteiger partial charge is 0.336 e. The highest BCUT2D eigenvalue weighted by Gasteiger charge is 2.45. The Balaban J connectivity index is 1.59. The molecule has 0 aromatic carbocycles. The van der Waals surface area contributed by atoms with Crippen LogP contribution >= 0.6 is 0 Å². The van der Waals surface area contributed by atoms with E-state index in [4.69, 9.17) is 0 Å². The van der Waals surface area contributed by atoms with E-state index in [0.717, 1.165) is 18.5 Å². The van der Waals surface area contributed by atoms with Gasteiger partial charge in [-0.3, -0.25) is 9.59 Å². The van der Waals surface area contributed by atoms with Gasteiger partial charge in [-0.1, -0.05) is 0 Å². The molecule has 29 heavy (non-hydrogen) atoms. The van der Waals surface area contributed by atoms with Crippen molar-refractivity contribution in [1.82, 2.24) is 24.3 Å². The smallest absolute Gasteiger partial charge is 0.319 e. The van der Waals surface area contributed by atoms with E-state index in [-0.39, 0.29) is 35.3 Å². The van der Waals surface area contributed by atoms with Crippen molar-refractivity contribution in [2.24, 2.45) is 14.1 Å². The Bertz CT molecular complexity index is 1010.